The van der Waals surface area contributed by atoms with Gasteiger partial charge in [0.1, 0.15) is 11.3 Å². The zero-order valence-electron chi connectivity index (χ0n) is 18.8. The van der Waals surface area contributed by atoms with Crippen LogP contribution in [-0.4, -0.2) is 16.1 Å². The first kappa shape index (κ1) is 23.3. The molecule has 4 rings (SSSR count). The highest BCUT2D eigenvalue weighted by atomic mass is 32.1. The molecule has 1 amide bonds. The van der Waals surface area contributed by atoms with E-state index < -0.39 is 5.92 Å². The molecule has 0 aliphatic carbocycles. The average Bonchev–Trinajstić information content (AvgIpc) is 3.47. The molecule has 33 heavy (non-hydrogen) atoms. The van der Waals surface area contributed by atoms with Gasteiger partial charge in [-0.15, -0.1) is 21.5 Å². The fraction of sp³-hybridized carbons (Fsp3) is 0.269. The standard InChI is InChI=1S/C26H26FN3OS2/c1-16(2)13-18-7-9-19(10-8-18)22-11-12-23(33-22)24(20-5-4-6-21(27)14-20)17(3)25(31)29-26-30-28-15-32-26/h4-12,14-17,24H,13H2,1-3H3,(H,29,30,31)/t17-,24-/m1/s1. The van der Waals surface area contributed by atoms with Crippen LogP contribution < -0.4 is 5.32 Å². The Morgan fingerprint density at radius 2 is 1.85 bits per heavy atom. The maximum Gasteiger partial charge on any atom is 0.230 e. The predicted molar refractivity (Wildman–Crippen MR) is 134 cm³/mol. The summed E-state index contributed by atoms with van der Waals surface area (Å²) in [7, 11) is 0. The third kappa shape index (κ3) is 5.72. The van der Waals surface area contributed by atoms with Gasteiger partial charge in [0.25, 0.3) is 0 Å². The van der Waals surface area contributed by atoms with Gasteiger partial charge in [-0.1, -0.05) is 68.5 Å². The first-order valence-electron chi connectivity index (χ1n) is 10.9. The largest absolute Gasteiger partial charge is 0.300 e. The minimum absolute atomic E-state index is 0.172. The zero-order valence-corrected chi connectivity index (χ0v) is 20.4. The van der Waals surface area contributed by atoms with Crippen LogP contribution in [0.4, 0.5) is 9.52 Å². The van der Waals surface area contributed by atoms with Crippen molar-refractivity contribution < 1.29 is 9.18 Å². The van der Waals surface area contributed by atoms with Crippen LogP contribution in [0, 0.1) is 17.7 Å². The van der Waals surface area contributed by atoms with E-state index in [-0.39, 0.29) is 17.6 Å². The quantitative estimate of drug-likeness (QED) is 0.296. The predicted octanol–water partition coefficient (Wildman–Crippen LogP) is 7.01. The van der Waals surface area contributed by atoms with Gasteiger partial charge in [-0.05, 0) is 53.3 Å². The van der Waals surface area contributed by atoms with Gasteiger partial charge in [-0.25, -0.2) is 4.39 Å². The van der Waals surface area contributed by atoms with Gasteiger partial charge in [0, 0.05) is 21.6 Å². The summed E-state index contributed by atoms with van der Waals surface area (Å²) in [6.07, 6.45) is 1.05. The van der Waals surface area contributed by atoms with Gasteiger partial charge in [0.05, 0.1) is 0 Å². The SMILES string of the molecule is CC(C)Cc1ccc(-c2ccc([C@@H](c3cccc(F)c3)[C@@H](C)C(=O)Nc3nncs3)s2)cc1. The van der Waals surface area contributed by atoms with Crippen LogP contribution in [0.5, 0.6) is 0 Å². The second-order valence-electron chi connectivity index (χ2n) is 8.55. The number of benzene rings is 2. The Kier molecular flexibility index (Phi) is 7.30. The number of anilines is 1. The molecule has 2 atom stereocenters. The number of hydrogen-bond acceptors (Lipinski definition) is 5. The number of hydrogen-bond donors (Lipinski definition) is 1. The first-order chi connectivity index (χ1) is 15.9. The molecule has 0 radical (unpaired) electrons. The third-order valence-electron chi connectivity index (χ3n) is 5.53. The van der Waals surface area contributed by atoms with Crippen molar-refractivity contribution in [2.24, 2.45) is 11.8 Å². The average molecular weight is 480 g/mol. The van der Waals surface area contributed by atoms with Gasteiger partial charge in [0.15, 0.2) is 0 Å². The first-order valence-corrected chi connectivity index (χ1v) is 12.6. The molecule has 1 N–H and O–H groups in total. The minimum Gasteiger partial charge on any atom is -0.300 e. The molecular formula is C26H26FN3OS2. The van der Waals surface area contributed by atoms with E-state index in [4.69, 9.17) is 0 Å². The normalized spacial score (nSPS) is 13.1. The molecule has 4 aromatic rings. The van der Waals surface area contributed by atoms with E-state index >= 15 is 0 Å². The summed E-state index contributed by atoms with van der Waals surface area (Å²) >= 11 is 2.91. The zero-order chi connectivity index (χ0) is 23.4. The van der Waals surface area contributed by atoms with Crippen LogP contribution in [0.15, 0.2) is 66.2 Å². The van der Waals surface area contributed by atoms with Crippen LogP contribution in [0.25, 0.3) is 10.4 Å². The van der Waals surface area contributed by atoms with Crippen LogP contribution in [0.1, 0.15) is 42.7 Å². The van der Waals surface area contributed by atoms with Crippen molar-refractivity contribution in [2.45, 2.75) is 33.1 Å². The van der Waals surface area contributed by atoms with E-state index in [9.17, 15) is 9.18 Å². The van der Waals surface area contributed by atoms with E-state index in [2.05, 4.69) is 59.7 Å². The van der Waals surface area contributed by atoms with Crippen molar-refractivity contribution in [1.82, 2.24) is 10.2 Å². The number of carbonyl (C=O) groups excluding carboxylic acids is 1. The van der Waals surface area contributed by atoms with E-state index in [1.54, 1.807) is 22.9 Å². The topological polar surface area (TPSA) is 54.9 Å². The van der Waals surface area contributed by atoms with Crippen LogP contribution in [-0.2, 0) is 11.2 Å². The summed E-state index contributed by atoms with van der Waals surface area (Å²) in [4.78, 5) is 15.2. The Morgan fingerprint density at radius 3 is 2.52 bits per heavy atom. The number of rotatable bonds is 8. The lowest BCUT2D eigenvalue weighted by molar-refractivity contribution is -0.119. The van der Waals surface area contributed by atoms with Gasteiger partial charge in [-0.2, -0.15) is 0 Å². The molecule has 7 heteroatoms. The Balaban J connectivity index is 1.63. The molecule has 0 saturated carbocycles. The maximum atomic E-state index is 14.1. The highest BCUT2D eigenvalue weighted by molar-refractivity contribution is 7.15. The number of halogens is 1. The molecule has 0 saturated heterocycles. The number of nitrogens with one attached hydrogen (secondary N) is 1. The van der Waals surface area contributed by atoms with E-state index in [1.165, 1.54) is 29.0 Å². The molecule has 2 aromatic heterocycles. The molecular weight excluding hydrogens is 453 g/mol. The molecule has 0 bridgehead atoms. The lowest BCUT2D eigenvalue weighted by Gasteiger charge is -2.22. The molecule has 0 spiro atoms. The fourth-order valence-electron chi connectivity index (χ4n) is 3.95. The molecule has 0 fully saturated rings. The molecule has 170 valence electrons. The summed E-state index contributed by atoms with van der Waals surface area (Å²) in [5.41, 5.74) is 4.81. The van der Waals surface area contributed by atoms with E-state index in [0.717, 1.165) is 27.3 Å². The summed E-state index contributed by atoms with van der Waals surface area (Å²) in [5.74, 6) is -0.590. The number of carbonyl (C=O) groups is 1. The third-order valence-corrected chi connectivity index (χ3v) is 7.35. The monoisotopic (exact) mass is 479 g/mol. The molecule has 0 aliphatic rings. The molecule has 0 aliphatic heterocycles. The Hall–Kier alpha value is -2.90. The number of amides is 1. The van der Waals surface area contributed by atoms with E-state index in [1.807, 2.05) is 19.1 Å². The van der Waals surface area contributed by atoms with Crippen molar-refractivity contribution in [1.29, 1.82) is 0 Å². The number of thiophene rings is 1. The highest BCUT2D eigenvalue weighted by Crippen LogP contribution is 2.40. The van der Waals surface area contributed by atoms with Gasteiger partial charge < -0.3 is 5.32 Å². The summed E-state index contributed by atoms with van der Waals surface area (Å²) in [5, 5.41) is 11.0. The Morgan fingerprint density at radius 1 is 1.06 bits per heavy atom. The number of nitrogens with zero attached hydrogens (tertiary/aromatic N) is 2. The Bertz CT molecular complexity index is 1200. The summed E-state index contributed by atoms with van der Waals surface area (Å²) in [6.45, 7) is 6.30. The molecule has 0 unspecified atom stereocenters. The van der Waals surface area contributed by atoms with Crippen molar-refractivity contribution >= 4 is 33.7 Å². The van der Waals surface area contributed by atoms with Gasteiger partial charge in [0.2, 0.25) is 11.0 Å². The van der Waals surface area contributed by atoms with Crippen molar-refractivity contribution in [3.05, 3.63) is 88.0 Å². The lowest BCUT2D eigenvalue weighted by atomic mass is 9.85. The molecule has 2 aromatic carbocycles. The molecule has 4 nitrogen and oxygen atoms in total. The maximum absolute atomic E-state index is 14.1. The smallest absolute Gasteiger partial charge is 0.230 e. The molecule has 2 heterocycles. The second-order valence-corrected chi connectivity index (χ2v) is 10.5. The van der Waals surface area contributed by atoms with Crippen LogP contribution >= 0.6 is 22.7 Å². The van der Waals surface area contributed by atoms with Crippen LogP contribution in [0.2, 0.25) is 0 Å². The summed E-state index contributed by atoms with van der Waals surface area (Å²) in [6, 6.07) is 19.3. The van der Waals surface area contributed by atoms with Crippen LogP contribution in [0.3, 0.4) is 0 Å². The lowest BCUT2D eigenvalue weighted by Crippen LogP contribution is -2.26. The van der Waals surface area contributed by atoms with Gasteiger partial charge >= 0.3 is 0 Å². The van der Waals surface area contributed by atoms with Crippen molar-refractivity contribution in [2.75, 3.05) is 5.32 Å². The minimum atomic E-state index is -0.435. The van der Waals surface area contributed by atoms with Gasteiger partial charge in [-0.3, -0.25) is 4.79 Å². The fourth-order valence-corrected chi connectivity index (χ4v) is 5.64. The second kappa shape index (κ2) is 10.4. The Labute approximate surface area is 201 Å². The summed E-state index contributed by atoms with van der Waals surface area (Å²) < 4.78 is 14.1. The van der Waals surface area contributed by atoms with Crippen molar-refractivity contribution in [3.63, 3.8) is 0 Å². The van der Waals surface area contributed by atoms with Crippen molar-refractivity contribution in [3.8, 4) is 10.4 Å². The van der Waals surface area contributed by atoms with E-state index in [0.29, 0.717) is 11.0 Å². The number of aromatic nitrogens is 2. The highest BCUT2D eigenvalue weighted by Gasteiger charge is 2.29.